The molecule has 1 aliphatic heterocycles. The third-order valence-electron chi connectivity index (χ3n) is 3.35. The van der Waals surface area contributed by atoms with Crippen LogP contribution in [0.4, 0.5) is 13.2 Å². The van der Waals surface area contributed by atoms with E-state index in [9.17, 15) is 23.1 Å². The number of nitrogens with one attached hydrogen (secondary N) is 1. The third kappa shape index (κ3) is 3.39. The van der Waals surface area contributed by atoms with Crippen molar-refractivity contribution in [1.82, 2.24) is 10.2 Å². The molecule has 1 fully saturated rings. The first kappa shape index (κ1) is 16.2. The number of carbonyl (C=O) groups excluding carboxylic acids is 1. The Balaban J connectivity index is 3.00. The molecular formula is C12H21F3N2O2. The van der Waals surface area contributed by atoms with E-state index < -0.39 is 29.6 Å². The van der Waals surface area contributed by atoms with Crippen LogP contribution in [0, 0.1) is 5.41 Å². The van der Waals surface area contributed by atoms with Crippen molar-refractivity contribution in [3.05, 3.63) is 0 Å². The summed E-state index contributed by atoms with van der Waals surface area (Å²) in [6, 6.07) is 0. The minimum Gasteiger partial charge on any atom is -0.389 e. The molecule has 1 aliphatic rings. The fourth-order valence-corrected chi connectivity index (χ4v) is 2.33. The maximum atomic E-state index is 13.2. The van der Waals surface area contributed by atoms with Crippen LogP contribution in [0.15, 0.2) is 0 Å². The highest BCUT2D eigenvalue weighted by atomic mass is 19.4. The lowest BCUT2D eigenvalue weighted by atomic mass is 9.84. The topological polar surface area (TPSA) is 52.6 Å². The van der Waals surface area contributed by atoms with E-state index in [1.165, 1.54) is 13.8 Å². The summed E-state index contributed by atoms with van der Waals surface area (Å²) in [5, 5.41) is 12.3. The quantitative estimate of drug-likeness (QED) is 0.813. The summed E-state index contributed by atoms with van der Waals surface area (Å²) >= 11 is 0. The average molecular weight is 282 g/mol. The van der Waals surface area contributed by atoms with Gasteiger partial charge in [0.25, 0.3) is 0 Å². The zero-order valence-electron chi connectivity index (χ0n) is 11.5. The highest BCUT2D eigenvalue weighted by molar-refractivity contribution is 5.84. The van der Waals surface area contributed by atoms with Crippen molar-refractivity contribution in [2.24, 2.45) is 5.41 Å². The second kappa shape index (κ2) is 5.28. The molecule has 0 aromatic heterocycles. The summed E-state index contributed by atoms with van der Waals surface area (Å²) in [4.78, 5) is 13.4. The van der Waals surface area contributed by atoms with Crippen LogP contribution in [0.1, 0.15) is 27.2 Å². The molecule has 1 unspecified atom stereocenters. The van der Waals surface area contributed by atoms with Crippen molar-refractivity contribution in [1.29, 1.82) is 0 Å². The van der Waals surface area contributed by atoms with Crippen LogP contribution in [0.5, 0.6) is 0 Å². The van der Waals surface area contributed by atoms with E-state index in [-0.39, 0.29) is 26.1 Å². The number of halogens is 3. The van der Waals surface area contributed by atoms with Gasteiger partial charge in [0.15, 0.2) is 5.41 Å². The Morgan fingerprint density at radius 2 is 2.00 bits per heavy atom. The lowest BCUT2D eigenvalue weighted by Gasteiger charge is -2.37. The largest absolute Gasteiger partial charge is 0.404 e. The standard InChI is InChI=1S/C12H21F3N2O2/c1-4-17(8-10(2,3)19)9(18)11(12(13,14)15)5-6-16-7-11/h16,19H,4-8H2,1-3H3. The van der Waals surface area contributed by atoms with Gasteiger partial charge in [0.1, 0.15) is 0 Å². The molecule has 4 nitrogen and oxygen atoms in total. The predicted molar refractivity (Wildman–Crippen MR) is 64.5 cm³/mol. The molecule has 0 bridgehead atoms. The number of aliphatic hydroxyl groups is 1. The van der Waals surface area contributed by atoms with Crippen molar-refractivity contribution in [3.63, 3.8) is 0 Å². The van der Waals surface area contributed by atoms with Gasteiger partial charge in [-0.05, 0) is 33.7 Å². The van der Waals surface area contributed by atoms with Gasteiger partial charge in [0, 0.05) is 19.6 Å². The Hall–Kier alpha value is -0.820. The van der Waals surface area contributed by atoms with Crippen molar-refractivity contribution in [3.8, 4) is 0 Å². The maximum absolute atomic E-state index is 13.2. The summed E-state index contributed by atoms with van der Waals surface area (Å²) < 4.78 is 39.7. The predicted octanol–water partition coefficient (Wildman–Crippen LogP) is 1.15. The van der Waals surface area contributed by atoms with E-state index in [1.807, 2.05) is 0 Å². The maximum Gasteiger partial charge on any atom is 0.404 e. The molecule has 1 atom stereocenters. The molecule has 0 saturated carbocycles. The fourth-order valence-electron chi connectivity index (χ4n) is 2.33. The molecule has 7 heteroatoms. The van der Waals surface area contributed by atoms with Gasteiger partial charge < -0.3 is 15.3 Å². The average Bonchev–Trinajstić information content (AvgIpc) is 2.73. The molecule has 0 aromatic rings. The van der Waals surface area contributed by atoms with E-state index in [2.05, 4.69) is 5.32 Å². The van der Waals surface area contributed by atoms with Gasteiger partial charge >= 0.3 is 6.18 Å². The summed E-state index contributed by atoms with van der Waals surface area (Å²) in [6.07, 6.45) is -4.84. The summed E-state index contributed by atoms with van der Waals surface area (Å²) in [6.45, 7) is 4.35. The van der Waals surface area contributed by atoms with E-state index in [4.69, 9.17) is 0 Å². The van der Waals surface area contributed by atoms with Gasteiger partial charge in [-0.1, -0.05) is 0 Å². The van der Waals surface area contributed by atoms with Gasteiger partial charge in [0.2, 0.25) is 5.91 Å². The SMILES string of the molecule is CCN(CC(C)(C)O)C(=O)C1(C(F)(F)F)CCNC1. The molecule has 0 aromatic carbocycles. The van der Waals surface area contributed by atoms with E-state index in [1.54, 1.807) is 6.92 Å². The van der Waals surface area contributed by atoms with Crippen molar-refractivity contribution in [2.75, 3.05) is 26.2 Å². The van der Waals surface area contributed by atoms with Crippen LogP contribution in [-0.4, -0.2) is 53.9 Å². The molecule has 1 amide bonds. The number of nitrogens with zero attached hydrogens (tertiary/aromatic N) is 1. The summed E-state index contributed by atoms with van der Waals surface area (Å²) in [7, 11) is 0. The molecule has 1 rings (SSSR count). The Morgan fingerprint density at radius 3 is 2.32 bits per heavy atom. The van der Waals surface area contributed by atoms with Gasteiger partial charge in [0.05, 0.1) is 5.60 Å². The molecule has 0 spiro atoms. The number of hydrogen-bond donors (Lipinski definition) is 2. The van der Waals surface area contributed by atoms with Crippen LogP contribution in [0.2, 0.25) is 0 Å². The minimum atomic E-state index is -4.58. The van der Waals surface area contributed by atoms with Crippen LogP contribution in [0.25, 0.3) is 0 Å². The first-order valence-electron chi connectivity index (χ1n) is 6.33. The Kier molecular flexibility index (Phi) is 4.51. The van der Waals surface area contributed by atoms with Gasteiger partial charge in [-0.15, -0.1) is 0 Å². The molecule has 19 heavy (non-hydrogen) atoms. The van der Waals surface area contributed by atoms with Crippen molar-refractivity contribution in [2.45, 2.75) is 39.0 Å². The highest BCUT2D eigenvalue weighted by Gasteiger charge is 2.62. The Labute approximate surface area is 111 Å². The van der Waals surface area contributed by atoms with Crippen LogP contribution in [0.3, 0.4) is 0 Å². The normalized spacial score (nSPS) is 24.6. The second-order valence-electron chi connectivity index (χ2n) is 5.64. The monoisotopic (exact) mass is 282 g/mol. The van der Waals surface area contributed by atoms with Gasteiger partial charge in [-0.25, -0.2) is 0 Å². The van der Waals surface area contributed by atoms with Crippen LogP contribution < -0.4 is 5.32 Å². The van der Waals surface area contributed by atoms with E-state index in [0.29, 0.717) is 0 Å². The first-order chi connectivity index (χ1) is 8.53. The smallest absolute Gasteiger partial charge is 0.389 e. The van der Waals surface area contributed by atoms with Crippen LogP contribution in [-0.2, 0) is 4.79 Å². The molecule has 0 radical (unpaired) electrons. The molecule has 1 heterocycles. The summed E-state index contributed by atoms with van der Waals surface area (Å²) in [5.41, 5.74) is -3.57. The lowest BCUT2D eigenvalue weighted by Crippen LogP contribution is -2.55. The van der Waals surface area contributed by atoms with Crippen molar-refractivity contribution < 1.29 is 23.1 Å². The van der Waals surface area contributed by atoms with Gasteiger partial charge in [-0.3, -0.25) is 4.79 Å². The Morgan fingerprint density at radius 1 is 1.42 bits per heavy atom. The molecule has 2 N–H and O–H groups in total. The zero-order valence-corrected chi connectivity index (χ0v) is 11.5. The number of carbonyl (C=O) groups is 1. The van der Waals surface area contributed by atoms with Gasteiger partial charge in [-0.2, -0.15) is 13.2 Å². The third-order valence-corrected chi connectivity index (χ3v) is 3.35. The number of hydrogen-bond acceptors (Lipinski definition) is 3. The molecular weight excluding hydrogens is 261 g/mol. The zero-order chi connectivity index (χ0) is 14.9. The minimum absolute atomic E-state index is 0.111. The first-order valence-corrected chi connectivity index (χ1v) is 6.33. The van der Waals surface area contributed by atoms with E-state index in [0.717, 1.165) is 4.90 Å². The molecule has 0 aliphatic carbocycles. The number of likely N-dealkylation sites (N-methyl/N-ethyl adjacent to an activating group) is 1. The lowest BCUT2D eigenvalue weighted by molar-refractivity contribution is -0.222. The Bertz CT molecular complexity index is 331. The van der Waals surface area contributed by atoms with Crippen LogP contribution >= 0.6 is 0 Å². The number of rotatable bonds is 4. The fraction of sp³-hybridized carbons (Fsp3) is 0.917. The molecule has 112 valence electrons. The van der Waals surface area contributed by atoms with Crippen molar-refractivity contribution >= 4 is 5.91 Å². The second-order valence-corrected chi connectivity index (χ2v) is 5.64. The molecule has 1 saturated heterocycles. The highest BCUT2D eigenvalue weighted by Crippen LogP contribution is 2.44. The summed E-state index contributed by atoms with van der Waals surface area (Å²) in [5.74, 6) is -0.949. The number of alkyl halides is 3. The number of amides is 1. The van der Waals surface area contributed by atoms with E-state index >= 15 is 0 Å².